The quantitative estimate of drug-likeness (QED) is 0.837. The van der Waals surface area contributed by atoms with Crippen LogP contribution in [0.2, 0.25) is 0 Å². The summed E-state index contributed by atoms with van der Waals surface area (Å²) in [6.45, 7) is 4.36. The van der Waals surface area contributed by atoms with E-state index in [9.17, 15) is 0 Å². The van der Waals surface area contributed by atoms with Crippen molar-refractivity contribution in [2.45, 2.75) is 19.3 Å². The molecule has 1 saturated heterocycles. The van der Waals surface area contributed by atoms with Crippen molar-refractivity contribution < 1.29 is 0 Å². The molecule has 1 fully saturated rings. The zero-order valence-corrected chi connectivity index (χ0v) is 10.1. The summed E-state index contributed by atoms with van der Waals surface area (Å²) in [6.07, 6.45) is 3.19. The van der Waals surface area contributed by atoms with E-state index in [-0.39, 0.29) is 0 Å². The van der Waals surface area contributed by atoms with Crippen LogP contribution in [0.15, 0.2) is 18.3 Å². The average molecular weight is 233 g/mol. The molecule has 0 spiro atoms. The lowest BCUT2D eigenvalue weighted by Crippen LogP contribution is -2.07. The third-order valence-corrected chi connectivity index (χ3v) is 4.45. The SMILES string of the molecule is Cc1nc(-c2ccc[nH]2)sc1C1CCNC1. The number of H-pyrrole nitrogens is 1. The van der Waals surface area contributed by atoms with E-state index in [0.29, 0.717) is 5.92 Å². The first-order valence-corrected chi connectivity index (χ1v) is 6.48. The van der Waals surface area contributed by atoms with Gasteiger partial charge in [-0.3, -0.25) is 0 Å². The summed E-state index contributed by atoms with van der Waals surface area (Å²) in [6, 6.07) is 4.10. The van der Waals surface area contributed by atoms with Gasteiger partial charge in [0.1, 0.15) is 5.01 Å². The number of thiazole rings is 1. The number of aromatic nitrogens is 2. The van der Waals surface area contributed by atoms with Crippen molar-refractivity contribution in [1.82, 2.24) is 15.3 Å². The van der Waals surface area contributed by atoms with Crippen molar-refractivity contribution in [2.75, 3.05) is 13.1 Å². The first kappa shape index (κ1) is 10.1. The molecular weight excluding hydrogens is 218 g/mol. The topological polar surface area (TPSA) is 40.7 Å². The second kappa shape index (κ2) is 4.03. The Morgan fingerprint density at radius 1 is 1.50 bits per heavy atom. The lowest BCUT2D eigenvalue weighted by molar-refractivity contribution is 0.770. The highest BCUT2D eigenvalue weighted by atomic mass is 32.1. The molecule has 0 bridgehead atoms. The third-order valence-electron chi connectivity index (χ3n) is 3.09. The number of rotatable bonds is 2. The number of aromatic amines is 1. The van der Waals surface area contributed by atoms with Gasteiger partial charge < -0.3 is 10.3 Å². The van der Waals surface area contributed by atoms with Gasteiger partial charge in [-0.2, -0.15) is 0 Å². The highest BCUT2D eigenvalue weighted by molar-refractivity contribution is 7.15. The molecule has 1 aliphatic heterocycles. The highest BCUT2D eigenvalue weighted by Gasteiger charge is 2.22. The highest BCUT2D eigenvalue weighted by Crippen LogP contribution is 2.34. The third kappa shape index (κ3) is 1.68. The van der Waals surface area contributed by atoms with E-state index in [1.54, 1.807) is 0 Å². The first-order chi connectivity index (χ1) is 7.84. The largest absolute Gasteiger partial charge is 0.359 e. The molecule has 0 aliphatic carbocycles. The number of nitrogens with one attached hydrogen (secondary N) is 2. The minimum absolute atomic E-state index is 0.668. The van der Waals surface area contributed by atoms with Crippen molar-refractivity contribution in [1.29, 1.82) is 0 Å². The van der Waals surface area contributed by atoms with Gasteiger partial charge in [0.05, 0.1) is 11.4 Å². The summed E-state index contributed by atoms with van der Waals surface area (Å²) in [5.41, 5.74) is 2.33. The molecule has 1 aliphatic rings. The molecule has 0 saturated carbocycles. The Labute approximate surface area is 98.9 Å². The molecule has 16 heavy (non-hydrogen) atoms. The Hall–Kier alpha value is -1.13. The summed E-state index contributed by atoms with van der Waals surface area (Å²) in [4.78, 5) is 9.33. The van der Waals surface area contributed by atoms with Crippen LogP contribution in [0, 0.1) is 6.92 Å². The van der Waals surface area contributed by atoms with Gasteiger partial charge in [0.2, 0.25) is 0 Å². The van der Waals surface area contributed by atoms with E-state index in [4.69, 9.17) is 0 Å². The molecule has 84 valence electrons. The summed E-state index contributed by atoms with van der Waals surface area (Å²) < 4.78 is 0. The van der Waals surface area contributed by atoms with Gasteiger partial charge in [-0.15, -0.1) is 11.3 Å². The maximum absolute atomic E-state index is 4.66. The molecule has 3 rings (SSSR count). The Morgan fingerprint density at radius 2 is 2.44 bits per heavy atom. The lowest BCUT2D eigenvalue weighted by Gasteiger charge is -2.04. The van der Waals surface area contributed by atoms with Crippen molar-refractivity contribution in [3.63, 3.8) is 0 Å². The Kier molecular flexibility index (Phi) is 2.53. The zero-order valence-electron chi connectivity index (χ0n) is 9.29. The molecule has 0 amide bonds. The van der Waals surface area contributed by atoms with Crippen LogP contribution in [-0.4, -0.2) is 23.1 Å². The zero-order chi connectivity index (χ0) is 11.0. The summed E-state index contributed by atoms with van der Waals surface area (Å²) >= 11 is 1.83. The van der Waals surface area contributed by atoms with Gasteiger partial charge in [0, 0.05) is 23.5 Å². The summed E-state index contributed by atoms with van der Waals surface area (Å²) in [7, 11) is 0. The minimum Gasteiger partial charge on any atom is -0.359 e. The number of hydrogen-bond donors (Lipinski definition) is 2. The number of hydrogen-bond acceptors (Lipinski definition) is 3. The van der Waals surface area contributed by atoms with Crippen LogP contribution >= 0.6 is 11.3 Å². The fourth-order valence-corrected chi connectivity index (χ4v) is 3.43. The molecule has 2 N–H and O–H groups in total. The smallest absolute Gasteiger partial charge is 0.140 e. The monoisotopic (exact) mass is 233 g/mol. The van der Waals surface area contributed by atoms with E-state index in [0.717, 1.165) is 23.8 Å². The maximum Gasteiger partial charge on any atom is 0.140 e. The van der Waals surface area contributed by atoms with Crippen molar-refractivity contribution in [2.24, 2.45) is 0 Å². The van der Waals surface area contributed by atoms with Crippen LogP contribution in [0.4, 0.5) is 0 Å². The van der Waals surface area contributed by atoms with Crippen LogP contribution in [0.3, 0.4) is 0 Å². The van der Waals surface area contributed by atoms with Crippen molar-refractivity contribution in [3.8, 4) is 10.7 Å². The molecule has 1 atom stereocenters. The fourth-order valence-electron chi connectivity index (χ4n) is 2.24. The minimum atomic E-state index is 0.668. The molecule has 0 aromatic carbocycles. The predicted molar refractivity (Wildman–Crippen MR) is 66.9 cm³/mol. The molecule has 2 aromatic rings. The molecule has 1 unspecified atom stereocenters. The standard InChI is InChI=1S/C12H15N3S/c1-8-11(9-4-6-13-7-9)16-12(15-8)10-3-2-5-14-10/h2-3,5,9,13-14H,4,6-7H2,1H3. The number of nitrogens with zero attached hydrogens (tertiary/aromatic N) is 1. The maximum atomic E-state index is 4.66. The van der Waals surface area contributed by atoms with Crippen LogP contribution in [0.5, 0.6) is 0 Å². The van der Waals surface area contributed by atoms with E-state index < -0.39 is 0 Å². The van der Waals surface area contributed by atoms with Gasteiger partial charge in [-0.25, -0.2) is 4.98 Å². The van der Waals surface area contributed by atoms with Crippen molar-refractivity contribution in [3.05, 3.63) is 28.9 Å². The predicted octanol–water partition coefficient (Wildman–Crippen LogP) is 2.52. The Balaban J connectivity index is 1.95. The second-order valence-electron chi connectivity index (χ2n) is 4.24. The second-order valence-corrected chi connectivity index (χ2v) is 5.27. The Morgan fingerprint density at radius 3 is 3.12 bits per heavy atom. The van der Waals surface area contributed by atoms with Gasteiger partial charge in [-0.05, 0) is 32.0 Å². The summed E-state index contributed by atoms with van der Waals surface area (Å²) in [5, 5.41) is 4.53. The molecule has 3 heterocycles. The molecule has 4 heteroatoms. The molecule has 0 radical (unpaired) electrons. The van der Waals surface area contributed by atoms with E-state index in [1.165, 1.54) is 17.0 Å². The van der Waals surface area contributed by atoms with Gasteiger partial charge in [-0.1, -0.05) is 0 Å². The van der Waals surface area contributed by atoms with Crippen LogP contribution in [0.1, 0.15) is 22.9 Å². The lowest BCUT2D eigenvalue weighted by atomic mass is 10.1. The molecule has 2 aromatic heterocycles. The van der Waals surface area contributed by atoms with E-state index in [1.807, 2.05) is 23.6 Å². The van der Waals surface area contributed by atoms with Crippen LogP contribution in [-0.2, 0) is 0 Å². The average Bonchev–Trinajstić information content (AvgIpc) is 2.97. The van der Waals surface area contributed by atoms with Gasteiger partial charge in [0.25, 0.3) is 0 Å². The van der Waals surface area contributed by atoms with Gasteiger partial charge >= 0.3 is 0 Å². The first-order valence-electron chi connectivity index (χ1n) is 5.66. The normalized spacial score (nSPS) is 20.4. The van der Waals surface area contributed by atoms with Crippen LogP contribution in [0.25, 0.3) is 10.7 Å². The van der Waals surface area contributed by atoms with Crippen molar-refractivity contribution >= 4 is 11.3 Å². The van der Waals surface area contributed by atoms with E-state index >= 15 is 0 Å². The molecule has 3 nitrogen and oxygen atoms in total. The molecular formula is C12H15N3S. The fraction of sp³-hybridized carbons (Fsp3) is 0.417. The Bertz CT molecular complexity index is 466. The van der Waals surface area contributed by atoms with Crippen LogP contribution < -0.4 is 5.32 Å². The number of aryl methyl sites for hydroxylation is 1. The van der Waals surface area contributed by atoms with Gasteiger partial charge in [0.15, 0.2) is 0 Å². The van der Waals surface area contributed by atoms with E-state index in [2.05, 4.69) is 28.3 Å². The summed E-state index contributed by atoms with van der Waals surface area (Å²) in [5.74, 6) is 0.668.